The Kier molecular flexibility index (Phi) is 62.2. The lowest BCUT2D eigenvalue weighted by atomic mass is 10.0. The fourth-order valence-corrected chi connectivity index (χ4v) is 9.79. The van der Waals surface area contributed by atoms with Crippen LogP contribution in [0.15, 0.2) is 60.8 Å². The van der Waals surface area contributed by atoms with E-state index in [0.717, 1.165) is 96.3 Å². The average Bonchev–Trinajstić information content (AvgIpc) is 3.42. The third-order valence-electron chi connectivity index (χ3n) is 14.8. The van der Waals surface area contributed by atoms with Gasteiger partial charge in [-0.1, -0.05) is 306 Å². The van der Waals surface area contributed by atoms with Crippen molar-refractivity contribution < 1.29 is 28.6 Å². The summed E-state index contributed by atoms with van der Waals surface area (Å²) in [4.78, 5) is 38.4. The van der Waals surface area contributed by atoms with E-state index in [9.17, 15) is 14.4 Å². The second-order valence-electron chi connectivity index (χ2n) is 22.4. The highest BCUT2D eigenvalue weighted by atomic mass is 16.6. The van der Waals surface area contributed by atoms with Gasteiger partial charge in [-0.05, 0) is 83.5 Å². The van der Waals surface area contributed by atoms with Crippen molar-refractivity contribution in [1.82, 2.24) is 0 Å². The molecule has 0 radical (unpaired) electrons. The molecule has 0 aliphatic carbocycles. The summed E-state index contributed by atoms with van der Waals surface area (Å²) in [5.41, 5.74) is 0. The second kappa shape index (κ2) is 64.6. The fourth-order valence-electron chi connectivity index (χ4n) is 9.79. The number of allylic oxidation sites excluding steroid dienone is 10. The Hall–Kier alpha value is -2.89. The van der Waals surface area contributed by atoms with Gasteiger partial charge in [-0.25, -0.2) is 0 Å². The maximum atomic E-state index is 12.9. The molecule has 1 atom stereocenters. The molecule has 442 valence electrons. The van der Waals surface area contributed by atoms with E-state index in [-0.39, 0.29) is 31.1 Å². The minimum Gasteiger partial charge on any atom is -0.462 e. The van der Waals surface area contributed by atoms with Crippen LogP contribution in [-0.2, 0) is 28.6 Å². The molecule has 0 aromatic rings. The molecule has 0 fully saturated rings. The zero-order valence-electron chi connectivity index (χ0n) is 50.8. The number of hydrogen-bond donors (Lipinski definition) is 0. The lowest BCUT2D eigenvalue weighted by Crippen LogP contribution is -2.30. The van der Waals surface area contributed by atoms with Crippen LogP contribution in [-0.4, -0.2) is 37.2 Å². The van der Waals surface area contributed by atoms with Crippen LogP contribution in [0.4, 0.5) is 0 Å². The van der Waals surface area contributed by atoms with Gasteiger partial charge in [0.1, 0.15) is 13.2 Å². The van der Waals surface area contributed by atoms with Crippen molar-refractivity contribution in [3.8, 4) is 0 Å². The van der Waals surface area contributed by atoms with E-state index in [1.165, 1.54) is 212 Å². The van der Waals surface area contributed by atoms with Gasteiger partial charge >= 0.3 is 17.9 Å². The molecule has 0 aromatic carbocycles. The summed E-state index contributed by atoms with van der Waals surface area (Å²) in [5.74, 6) is -0.870. The normalized spacial score (nSPS) is 12.4. The van der Waals surface area contributed by atoms with E-state index < -0.39 is 6.10 Å². The lowest BCUT2D eigenvalue weighted by Gasteiger charge is -2.18. The summed E-state index contributed by atoms with van der Waals surface area (Å²) >= 11 is 0. The highest BCUT2D eigenvalue weighted by Gasteiger charge is 2.19. The maximum absolute atomic E-state index is 12.9. The van der Waals surface area contributed by atoms with Crippen LogP contribution in [0.25, 0.3) is 0 Å². The molecule has 0 saturated carbocycles. The van der Waals surface area contributed by atoms with Crippen molar-refractivity contribution in [2.75, 3.05) is 13.2 Å². The molecule has 0 aromatic heterocycles. The van der Waals surface area contributed by atoms with Crippen molar-refractivity contribution in [2.45, 2.75) is 354 Å². The number of esters is 3. The Morgan fingerprint density at radius 3 is 0.816 bits per heavy atom. The van der Waals surface area contributed by atoms with Crippen LogP contribution in [0.5, 0.6) is 0 Å². The molecule has 1 unspecified atom stereocenters. The van der Waals surface area contributed by atoms with Crippen molar-refractivity contribution in [1.29, 1.82) is 0 Å². The molecule has 0 aliphatic rings. The zero-order valence-corrected chi connectivity index (χ0v) is 50.8. The standard InChI is InChI=1S/C70H126O6/c1-4-7-10-13-16-19-22-25-28-30-32-33-34-35-36-37-39-40-42-45-48-51-54-57-60-63-69(72)75-66-67(65-74-68(71)62-59-56-53-50-47-44-27-24-21-18-15-12-9-6-3)76-70(73)64-61-58-55-52-49-46-43-41-38-31-29-26-23-20-17-14-11-8-5-2/h8,11,17,20,26,29-30,32,38,41,67H,4-7,9-10,12-16,18-19,21-25,27-28,31,33-37,39-40,42-66H2,1-3H3/b11-8-,20-17-,29-26-,32-30-,41-38-. The number of carbonyl (C=O) groups is 3. The summed E-state index contributed by atoms with van der Waals surface area (Å²) in [6.07, 6.45) is 82.3. The highest BCUT2D eigenvalue weighted by Crippen LogP contribution is 2.17. The van der Waals surface area contributed by atoms with Gasteiger partial charge in [0.2, 0.25) is 0 Å². The third-order valence-corrected chi connectivity index (χ3v) is 14.8. The second-order valence-corrected chi connectivity index (χ2v) is 22.4. The topological polar surface area (TPSA) is 78.9 Å². The fraction of sp³-hybridized carbons (Fsp3) is 0.814. The molecule has 6 nitrogen and oxygen atoms in total. The molecule has 6 heteroatoms. The number of rotatable bonds is 61. The Morgan fingerprint density at radius 2 is 0.513 bits per heavy atom. The van der Waals surface area contributed by atoms with Crippen LogP contribution in [0, 0.1) is 0 Å². The van der Waals surface area contributed by atoms with Crippen LogP contribution >= 0.6 is 0 Å². The summed E-state index contributed by atoms with van der Waals surface area (Å²) in [6, 6.07) is 0. The van der Waals surface area contributed by atoms with E-state index in [4.69, 9.17) is 14.2 Å². The van der Waals surface area contributed by atoms with Crippen LogP contribution in [0.1, 0.15) is 348 Å². The number of hydrogen-bond acceptors (Lipinski definition) is 6. The maximum Gasteiger partial charge on any atom is 0.306 e. The first kappa shape index (κ1) is 73.1. The zero-order chi connectivity index (χ0) is 55.0. The van der Waals surface area contributed by atoms with Crippen molar-refractivity contribution in [2.24, 2.45) is 0 Å². The average molecular weight is 1060 g/mol. The summed E-state index contributed by atoms with van der Waals surface area (Å²) in [5, 5.41) is 0. The van der Waals surface area contributed by atoms with Crippen molar-refractivity contribution >= 4 is 17.9 Å². The Bertz CT molecular complexity index is 1360. The molecule has 0 amide bonds. The minimum atomic E-state index is -0.781. The molecule has 76 heavy (non-hydrogen) atoms. The molecule has 0 saturated heterocycles. The largest absolute Gasteiger partial charge is 0.462 e. The third kappa shape index (κ3) is 62.0. The van der Waals surface area contributed by atoms with Gasteiger partial charge in [0, 0.05) is 19.3 Å². The molecule has 0 bridgehead atoms. The lowest BCUT2D eigenvalue weighted by molar-refractivity contribution is -0.167. The smallest absolute Gasteiger partial charge is 0.306 e. The SMILES string of the molecule is CC/C=C\C/C=C\C/C=C\C/C=C\CCCCCCCCC(=O)OC(COC(=O)CCCCCCCCCCCCCCCC)COC(=O)CCCCCCCCCCCCCCC/C=C\CCCCCCCCCC. The van der Waals surface area contributed by atoms with Gasteiger partial charge in [0.15, 0.2) is 6.10 Å². The first-order valence-electron chi connectivity index (χ1n) is 33.3. The molecular weight excluding hydrogens is 937 g/mol. The van der Waals surface area contributed by atoms with Crippen LogP contribution < -0.4 is 0 Å². The van der Waals surface area contributed by atoms with Gasteiger partial charge in [-0.2, -0.15) is 0 Å². The Labute approximate surface area is 472 Å². The summed E-state index contributed by atoms with van der Waals surface area (Å²) < 4.78 is 17.0. The van der Waals surface area contributed by atoms with E-state index in [1.54, 1.807) is 0 Å². The predicted molar refractivity (Wildman–Crippen MR) is 330 cm³/mol. The first-order chi connectivity index (χ1) is 37.5. The van der Waals surface area contributed by atoms with E-state index >= 15 is 0 Å². The van der Waals surface area contributed by atoms with Gasteiger partial charge < -0.3 is 14.2 Å². The van der Waals surface area contributed by atoms with E-state index in [1.807, 2.05) is 0 Å². The van der Waals surface area contributed by atoms with Gasteiger partial charge in [-0.3, -0.25) is 14.4 Å². The Balaban J connectivity index is 4.29. The number of carbonyl (C=O) groups excluding carboxylic acids is 3. The summed E-state index contributed by atoms with van der Waals surface area (Å²) in [7, 11) is 0. The first-order valence-corrected chi connectivity index (χ1v) is 33.3. The predicted octanol–water partition coefficient (Wildman–Crippen LogP) is 22.7. The van der Waals surface area contributed by atoms with E-state index in [0.29, 0.717) is 19.3 Å². The minimum absolute atomic E-state index is 0.0763. The quantitative estimate of drug-likeness (QED) is 0.0261. The summed E-state index contributed by atoms with van der Waals surface area (Å²) in [6.45, 7) is 6.57. The highest BCUT2D eigenvalue weighted by molar-refractivity contribution is 5.71. The van der Waals surface area contributed by atoms with Crippen molar-refractivity contribution in [3.63, 3.8) is 0 Å². The molecular formula is C70H126O6. The molecule has 0 N–H and O–H groups in total. The molecule has 0 spiro atoms. The molecule has 0 aliphatic heterocycles. The van der Waals surface area contributed by atoms with Gasteiger partial charge in [0.05, 0.1) is 0 Å². The number of ether oxygens (including phenoxy) is 3. The monoisotopic (exact) mass is 1060 g/mol. The number of unbranched alkanes of at least 4 members (excludes halogenated alkanes) is 40. The molecule has 0 heterocycles. The Morgan fingerprint density at radius 1 is 0.276 bits per heavy atom. The molecule has 0 rings (SSSR count). The van der Waals surface area contributed by atoms with Crippen LogP contribution in [0.2, 0.25) is 0 Å². The van der Waals surface area contributed by atoms with Crippen LogP contribution in [0.3, 0.4) is 0 Å². The van der Waals surface area contributed by atoms with Gasteiger partial charge in [-0.15, -0.1) is 0 Å². The van der Waals surface area contributed by atoms with Gasteiger partial charge in [0.25, 0.3) is 0 Å². The van der Waals surface area contributed by atoms with E-state index in [2.05, 4.69) is 81.5 Å². The van der Waals surface area contributed by atoms with Crippen molar-refractivity contribution in [3.05, 3.63) is 60.8 Å².